The summed E-state index contributed by atoms with van der Waals surface area (Å²) in [6.45, 7) is 4.65. The third-order valence-corrected chi connectivity index (χ3v) is 6.45. The van der Waals surface area contributed by atoms with Crippen molar-refractivity contribution < 1.29 is 4.21 Å². The Labute approximate surface area is 88.3 Å². The molecule has 1 spiro atoms. The van der Waals surface area contributed by atoms with Crippen LogP contribution < -0.4 is 0 Å². The summed E-state index contributed by atoms with van der Waals surface area (Å²) in [7, 11) is -1.63. The Morgan fingerprint density at radius 1 is 1.29 bits per heavy atom. The van der Waals surface area contributed by atoms with E-state index < -0.39 is 9.52 Å². The summed E-state index contributed by atoms with van der Waals surface area (Å²) in [5.74, 6) is 7.40. The molecule has 0 aromatic rings. The molecule has 14 heavy (non-hydrogen) atoms. The van der Waals surface area contributed by atoms with Crippen LogP contribution in [-0.2, 0) is 9.52 Å². The lowest BCUT2D eigenvalue weighted by Gasteiger charge is -2.49. The van der Waals surface area contributed by atoms with E-state index in [9.17, 15) is 4.21 Å². The molecule has 2 fully saturated rings. The van der Waals surface area contributed by atoms with Crippen LogP contribution in [-0.4, -0.2) is 21.6 Å². The molecule has 2 aliphatic rings. The van der Waals surface area contributed by atoms with Gasteiger partial charge in [-0.25, -0.2) is 0 Å². The van der Waals surface area contributed by atoms with Gasteiger partial charge < -0.3 is 0 Å². The van der Waals surface area contributed by atoms with Gasteiger partial charge in [0.2, 0.25) is 0 Å². The molecule has 1 nitrogen and oxygen atoms in total. The fourth-order valence-electron chi connectivity index (χ4n) is 3.28. The maximum atomic E-state index is 11.6. The molecular weight excluding hydrogens is 192 g/mol. The first kappa shape index (κ1) is 10.5. The van der Waals surface area contributed by atoms with Gasteiger partial charge in [0.25, 0.3) is 0 Å². The molecule has 1 heterocycles. The molecule has 0 unspecified atom stereocenters. The molecule has 1 saturated carbocycles. The minimum absolute atomic E-state index is 0.463. The van der Waals surface area contributed by atoms with Gasteiger partial charge in [-0.3, -0.25) is 4.21 Å². The van der Waals surface area contributed by atoms with Crippen LogP contribution in [0.5, 0.6) is 0 Å². The molecule has 1 aliphatic carbocycles. The van der Waals surface area contributed by atoms with Gasteiger partial charge in [-0.05, 0) is 58.3 Å². The van der Waals surface area contributed by atoms with Gasteiger partial charge in [-0.1, -0.05) is 13.8 Å². The predicted octanol–water partition coefficient (Wildman–Crippen LogP) is 2.55. The van der Waals surface area contributed by atoms with Crippen LogP contribution in [0.1, 0.15) is 39.5 Å². The Balaban J connectivity index is 1.92. The number of hydrogen-bond acceptors (Lipinski definition) is 1. The monoisotopic (exact) mass is 214 g/mol. The first-order chi connectivity index (χ1) is 6.43. The van der Waals surface area contributed by atoms with Crippen LogP contribution in [0, 0.1) is 17.3 Å². The Morgan fingerprint density at radius 3 is 2.14 bits per heavy atom. The summed E-state index contributed by atoms with van der Waals surface area (Å²) in [6.07, 6.45) is 5.32. The molecule has 2 heteroatoms. The molecule has 0 bridgehead atoms. The second-order valence-electron chi connectivity index (χ2n) is 5.84. The van der Waals surface area contributed by atoms with Gasteiger partial charge in [0.05, 0.1) is 0 Å². The predicted molar refractivity (Wildman–Crippen MR) is 64.2 cm³/mol. The highest BCUT2D eigenvalue weighted by molar-refractivity contribution is 8.01. The van der Waals surface area contributed by atoms with E-state index in [1.54, 1.807) is 0 Å². The van der Waals surface area contributed by atoms with Gasteiger partial charge in [0.1, 0.15) is 0 Å². The van der Waals surface area contributed by atoms with Crippen molar-refractivity contribution in [3.63, 3.8) is 0 Å². The first-order valence-corrected chi connectivity index (χ1v) is 7.82. The molecule has 0 aromatic carbocycles. The van der Waals surface area contributed by atoms with Crippen molar-refractivity contribution in [2.45, 2.75) is 39.5 Å². The zero-order chi connectivity index (χ0) is 10.4. The van der Waals surface area contributed by atoms with Gasteiger partial charge in [0, 0.05) is 11.5 Å². The van der Waals surface area contributed by atoms with E-state index in [0.29, 0.717) is 5.41 Å². The van der Waals surface area contributed by atoms with Crippen LogP contribution in [0.2, 0.25) is 0 Å². The van der Waals surface area contributed by atoms with Crippen LogP contribution in [0.25, 0.3) is 0 Å². The summed E-state index contributed by atoms with van der Waals surface area (Å²) in [5, 5.41) is 0. The Morgan fingerprint density at radius 2 is 1.79 bits per heavy atom. The van der Waals surface area contributed by atoms with E-state index >= 15 is 0 Å². The molecule has 1 aliphatic heterocycles. The topological polar surface area (TPSA) is 17.1 Å². The molecule has 0 atom stereocenters. The second-order valence-corrected chi connectivity index (χ2v) is 8.35. The number of hydrogen-bond donors (Lipinski definition) is 0. The molecule has 0 radical (unpaired) electrons. The average Bonchev–Trinajstić information content (AvgIpc) is 2.01. The molecular formula is C12H22OS. The number of rotatable bonds is 1. The summed E-state index contributed by atoms with van der Waals surface area (Å²) in [6, 6.07) is 0. The third kappa shape index (κ3) is 1.86. The van der Waals surface area contributed by atoms with Crippen molar-refractivity contribution in [3.8, 4) is 0 Å². The van der Waals surface area contributed by atoms with Gasteiger partial charge in [-0.2, -0.15) is 0 Å². The fourth-order valence-corrected chi connectivity index (χ4v) is 6.01. The average molecular weight is 214 g/mol. The van der Waals surface area contributed by atoms with Crippen molar-refractivity contribution >= 4 is 15.4 Å². The minimum atomic E-state index is -1.63. The zero-order valence-corrected chi connectivity index (χ0v) is 10.2. The first-order valence-electron chi connectivity index (χ1n) is 5.75. The summed E-state index contributed by atoms with van der Waals surface area (Å²) >= 11 is 0. The van der Waals surface area contributed by atoms with E-state index in [4.69, 9.17) is 0 Å². The SMILES string of the molecule is C=S1(=O)CC2(CCC(C(C)C)CC2)C1. The highest BCUT2D eigenvalue weighted by atomic mass is 32.2. The van der Waals surface area contributed by atoms with Crippen LogP contribution in [0.3, 0.4) is 0 Å². The van der Waals surface area contributed by atoms with Crippen molar-refractivity contribution in [2.24, 2.45) is 17.3 Å². The van der Waals surface area contributed by atoms with Crippen LogP contribution in [0.15, 0.2) is 0 Å². The Kier molecular flexibility index (Phi) is 2.45. The molecule has 0 amide bonds. The molecule has 0 N–H and O–H groups in total. The summed E-state index contributed by atoms with van der Waals surface area (Å²) in [4.78, 5) is 0. The maximum absolute atomic E-state index is 11.6. The normalized spacial score (nSPS) is 48.1. The van der Waals surface area contributed by atoms with Crippen molar-refractivity contribution in [1.82, 2.24) is 0 Å². The third-order valence-electron chi connectivity index (χ3n) is 4.17. The highest BCUT2D eigenvalue weighted by Gasteiger charge is 2.46. The lowest BCUT2D eigenvalue weighted by molar-refractivity contribution is 0.155. The largest absolute Gasteiger partial charge is 0.268 e. The van der Waals surface area contributed by atoms with Crippen molar-refractivity contribution in [2.75, 3.05) is 11.5 Å². The maximum Gasteiger partial charge on any atom is 0.0224 e. The van der Waals surface area contributed by atoms with Crippen molar-refractivity contribution in [1.29, 1.82) is 0 Å². The quantitative estimate of drug-likeness (QED) is 0.613. The van der Waals surface area contributed by atoms with E-state index in [0.717, 1.165) is 23.3 Å². The van der Waals surface area contributed by atoms with Gasteiger partial charge >= 0.3 is 0 Å². The van der Waals surface area contributed by atoms with E-state index in [-0.39, 0.29) is 0 Å². The second kappa shape index (κ2) is 3.26. The minimum Gasteiger partial charge on any atom is -0.268 e. The molecule has 82 valence electrons. The lowest BCUT2D eigenvalue weighted by atomic mass is 9.69. The zero-order valence-electron chi connectivity index (χ0n) is 9.42. The van der Waals surface area contributed by atoms with Crippen molar-refractivity contribution in [3.05, 3.63) is 0 Å². The van der Waals surface area contributed by atoms with Gasteiger partial charge in [-0.15, -0.1) is 0 Å². The Hall–Kier alpha value is 0.0200. The molecule has 2 rings (SSSR count). The smallest absolute Gasteiger partial charge is 0.0224 e. The highest BCUT2D eigenvalue weighted by Crippen LogP contribution is 2.48. The summed E-state index contributed by atoms with van der Waals surface area (Å²) < 4.78 is 11.6. The fraction of sp³-hybridized carbons (Fsp3) is 0.917. The van der Waals surface area contributed by atoms with E-state index in [1.165, 1.54) is 25.7 Å². The Bertz CT molecular complexity index is 291. The van der Waals surface area contributed by atoms with Crippen LogP contribution >= 0.6 is 0 Å². The lowest BCUT2D eigenvalue weighted by Crippen LogP contribution is -2.50. The van der Waals surface area contributed by atoms with E-state index in [1.807, 2.05) is 0 Å². The van der Waals surface area contributed by atoms with Crippen LogP contribution in [0.4, 0.5) is 0 Å². The molecule has 1 saturated heterocycles. The summed E-state index contributed by atoms with van der Waals surface area (Å²) in [5.41, 5.74) is 0.463. The van der Waals surface area contributed by atoms with Gasteiger partial charge in [0.15, 0.2) is 0 Å². The van der Waals surface area contributed by atoms with E-state index in [2.05, 4.69) is 19.7 Å². The molecule has 0 aromatic heterocycles. The standard InChI is InChI=1S/C12H22OS/c1-10(2)11-4-6-12(7-5-11)8-14(3,13)9-12/h10-11H,3-9H2,1-2H3.